The zero-order valence-electron chi connectivity index (χ0n) is 11.9. The van der Waals surface area contributed by atoms with Gasteiger partial charge in [0.25, 0.3) is 0 Å². The topological polar surface area (TPSA) is 107 Å². The highest BCUT2D eigenvalue weighted by Gasteiger charge is 2.35. The molecule has 1 heterocycles. The smallest absolute Gasteiger partial charge is 0.312 e. The van der Waals surface area contributed by atoms with Crippen molar-refractivity contribution in [3.05, 3.63) is 28.3 Å². The van der Waals surface area contributed by atoms with E-state index in [9.17, 15) is 18.5 Å². The van der Waals surface area contributed by atoms with E-state index in [1.165, 1.54) is 22.5 Å². The maximum Gasteiger partial charge on any atom is 0.312 e. The Morgan fingerprint density at radius 1 is 1.48 bits per heavy atom. The van der Waals surface area contributed by atoms with Crippen LogP contribution in [0.3, 0.4) is 0 Å². The Hall–Kier alpha value is -1.67. The van der Waals surface area contributed by atoms with Gasteiger partial charge < -0.3 is 5.73 Å². The zero-order chi connectivity index (χ0) is 15.6. The molecule has 116 valence electrons. The number of anilines is 1. The van der Waals surface area contributed by atoms with E-state index in [1.807, 2.05) is 6.92 Å². The number of rotatable bonds is 4. The molecule has 1 saturated heterocycles. The normalized spacial score (nSPS) is 20.3. The summed E-state index contributed by atoms with van der Waals surface area (Å²) in [5.74, 6) is 0.300. The summed E-state index contributed by atoms with van der Waals surface area (Å²) in [7, 11) is -3.89. The van der Waals surface area contributed by atoms with E-state index in [-0.39, 0.29) is 10.6 Å². The number of nitro benzene ring substituents is 1. The van der Waals surface area contributed by atoms with Crippen molar-refractivity contribution in [3.63, 3.8) is 0 Å². The second-order valence-corrected chi connectivity index (χ2v) is 7.14. The van der Waals surface area contributed by atoms with Crippen LogP contribution in [-0.2, 0) is 10.0 Å². The molecule has 2 rings (SSSR count). The molecule has 7 nitrogen and oxygen atoms in total. The number of nitrogen functional groups attached to an aromatic ring is 1. The van der Waals surface area contributed by atoms with Gasteiger partial charge in [-0.15, -0.1) is 0 Å². The fourth-order valence-electron chi connectivity index (χ4n) is 2.66. The predicted molar refractivity (Wildman–Crippen MR) is 79.3 cm³/mol. The number of nitrogens with zero attached hydrogens (tertiary/aromatic N) is 2. The van der Waals surface area contributed by atoms with E-state index < -0.39 is 20.6 Å². The Morgan fingerprint density at radius 3 is 2.81 bits per heavy atom. The highest BCUT2D eigenvalue weighted by Crippen LogP contribution is 2.33. The number of nitro groups is 1. The van der Waals surface area contributed by atoms with Crippen molar-refractivity contribution < 1.29 is 13.3 Å². The van der Waals surface area contributed by atoms with Gasteiger partial charge >= 0.3 is 5.69 Å². The Labute approximate surface area is 123 Å². The van der Waals surface area contributed by atoms with Crippen molar-refractivity contribution in [2.75, 3.05) is 18.8 Å². The van der Waals surface area contributed by atoms with Gasteiger partial charge in [0.2, 0.25) is 10.0 Å². The number of sulfonamides is 1. The fourth-order valence-corrected chi connectivity index (χ4v) is 4.40. The molecule has 0 aliphatic carbocycles. The van der Waals surface area contributed by atoms with Crippen LogP contribution in [0.15, 0.2) is 23.1 Å². The lowest BCUT2D eigenvalue weighted by Gasteiger charge is -2.31. The Balaban J connectivity index is 2.45. The minimum atomic E-state index is -3.89. The van der Waals surface area contributed by atoms with Gasteiger partial charge in [0.15, 0.2) is 4.90 Å². The quantitative estimate of drug-likeness (QED) is 0.519. The largest absolute Gasteiger partial charge is 0.393 e. The minimum Gasteiger partial charge on any atom is -0.393 e. The number of benzene rings is 1. The third kappa shape index (κ3) is 3.01. The fraction of sp³-hybridized carbons (Fsp3) is 0.538. The molecule has 0 spiro atoms. The van der Waals surface area contributed by atoms with E-state index in [0.717, 1.165) is 19.3 Å². The molecule has 0 saturated carbocycles. The van der Waals surface area contributed by atoms with Crippen LogP contribution in [0.4, 0.5) is 11.4 Å². The molecule has 21 heavy (non-hydrogen) atoms. The molecule has 1 unspecified atom stereocenters. The van der Waals surface area contributed by atoms with Crippen LogP contribution >= 0.6 is 0 Å². The Kier molecular flexibility index (Phi) is 4.48. The molecule has 1 aliphatic heterocycles. The van der Waals surface area contributed by atoms with Gasteiger partial charge in [0, 0.05) is 13.1 Å². The summed E-state index contributed by atoms with van der Waals surface area (Å²) < 4.78 is 26.7. The molecule has 8 heteroatoms. The molecular weight excluding hydrogens is 294 g/mol. The molecule has 0 bridgehead atoms. The number of nitrogens with two attached hydrogens (primary N) is 1. The lowest BCUT2D eigenvalue weighted by atomic mass is 9.97. The summed E-state index contributed by atoms with van der Waals surface area (Å²) >= 11 is 0. The summed E-state index contributed by atoms with van der Waals surface area (Å²) in [6.45, 7) is 2.82. The third-order valence-electron chi connectivity index (χ3n) is 3.89. The lowest BCUT2D eigenvalue weighted by Crippen LogP contribution is -2.39. The van der Waals surface area contributed by atoms with Gasteiger partial charge in [-0.3, -0.25) is 10.1 Å². The van der Waals surface area contributed by atoms with Crippen LogP contribution in [-0.4, -0.2) is 30.7 Å². The SMILES string of the molecule is CCC1CCCN(S(=O)(=O)c2cccc(N)c2[N+](=O)[O-])C1. The van der Waals surface area contributed by atoms with E-state index >= 15 is 0 Å². The average Bonchev–Trinajstić information content (AvgIpc) is 2.46. The van der Waals surface area contributed by atoms with Crippen molar-refractivity contribution in [1.29, 1.82) is 0 Å². The van der Waals surface area contributed by atoms with E-state index in [1.54, 1.807) is 0 Å². The molecule has 0 aromatic heterocycles. The molecule has 2 N–H and O–H groups in total. The van der Waals surface area contributed by atoms with E-state index in [0.29, 0.717) is 19.0 Å². The molecule has 0 amide bonds. The monoisotopic (exact) mass is 313 g/mol. The summed E-state index contributed by atoms with van der Waals surface area (Å²) in [5.41, 5.74) is 4.91. The third-order valence-corrected chi connectivity index (χ3v) is 5.79. The summed E-state index contributed by atoms with van der Waals surface area (Å²) in [6.07, 6.45) is 2.65. The van der Waals surface area contributed by atoms with Gasteiger partial charge in [0.1, 0.15) is 5.69 Å². The van der Waals surface area contributed by atoms with Crippen LogP contribution in [0.25, 0.3) is 0 Å². The molecular formula is C13H19N3O4S. The van der Waals surface area contributed by atoms with Crippen molar-refractivity contribution in [3.8, 4) is 0 Å². The number of hydrogen-bond acceptors (Lipinski definition) is 5. The van der Waals surface area contributed by atoms with Gasteiger partial charge in [-0.25, -0.2) is 8.42 Å². The van der Waals surface area contributed by atoms with Gasteiger partial charge in [-0.1, -0.05) is 19.4 Å². The van der Waals surface area contributed by atoms with Crippen molar-refractivity contribution in [2.24, 2.45) is 5.92 Å². The van der Waals surface area contributed by atoms with Crippen LogP contribution in [0.2, 0.25) is 0 Å². The van der Waals surface area contributed by atoms with Crippen LogP contribution in [0, 0.1) is 16.0 Å². The molecule has 1 aromatic carbocycles. The zero-order valence-corrected chi connectivity index (χ0v) is 12.7. The lowest BCUT2D eigenvalue weighted by molar-refractivity contribution is -0.386. The van der Waals surface area contributed by atoms with E-state index in [2.05, 4.69) is 0 Å². The molecule has 1 fully saturated rings. The maximum atomic E-state index is 12.7. The Bertz CT molecular complexity index is 645. The minimum absolute atomic E-state index is 0.134. The standard InChI is InChI=1S/C13H19N3O4S/c1-2-10-5-4-8-15(9-10)21(19,20)12-7-3-6-11(14)13(12)16(17)18/h3,6-7,10H,2,4-5,8-9,14H2,1H3. The Morgan fingerprint density at radius 2 is 2.19 bits per heavy atom. The second kappa shape index (κ2) is 5.98. The molecule has 1 atom stereocenters. The summed E-state index contributed by atoms with van der Waals surface area (Å²) in [6, 6.07) is 4.01. The molecule has 1 aliphatic rings. The summed E-state index contributed by atoms with van der Waals surface area (Å²) in [4.78, 5) is 10.1. The van der Waals surface area contributed by atoms with Crippen molar-refractivity contribution in [2.45, 2.75) is 31.1 Å². The van der Waals surface area contributed by atoms with Gasteiger partial charge in [0.05, 0.1) is 4.92 Å². The van der Waals surface area contributed by atoms with Crippen LogP contribution in [0.5, 0.6) is 0 Å². The molecule has 0 radical (unpaired) electrons. The van der Waals surface area contributed by atoms with Crippen molar-refractivity contribution >= 4 is 21.4 Å². The summed E-state index contributed by atoms with van der Waals surface area (Å²) in [5, 5.41) is 11.1. The predicted octanol–water partition coefficient (Wildman–Crippen LogP) is 1.99. The number of hydrogen-bond donors (Lipinski definition) is 1. The van der Waals surface area contributed by atoms with Crippen molar-refractivity contribution in [1.82, 2.24) is 4.31 Å². The number of para-hydroxylation sites is 1. The van der Waals surface area contributed by atoms with Crippen LogP contribution < -0.4 is 5.73 Å². The average molecular weight is 313 g/mol. The second-order valence-electron chi connectivity index (χ2n) is 5.23. The highest BCUT2D eigenvalue weighted by molar-refractivity contribution is 7.89. The first-order valence-corrected chi connectivity index (χ1v) is 8.35. The number of piperidine rings is 1. The highest BCUT2D eigenvalue weighted by atomic mass is 32.2. The first-order valence-electron chi connectivity index (χ1n) is 6.91. The first kappa shape index (κ1) is 15.7. The maximum absolute atomic E-state index is 12.7. The van der Waals surface area contributed by atoms with Gasteiger partial charge in [-0.2, -0.15) is 4.31 Å². The van der Waals surface area contributed by atoms with E-state index in [4.69, 9.17) is 5.73 Å². The molecule has 1 aromatic rings. The van der Waals surface area contributed by atoms with Crippen LogP contribution in [0.1, 0.15) is 26.2 Å². The first-order chi connectivity index (χ1) is 9.87. The van der Waals surface area contributed by atoms with Gasteiger partial charge in [-0.05, 0) is 30.9 Å².